The minimum atomic E-state index is -1.08. The number of hydrogen-bond donors (Lipinski definition) is 2. The molecule has 0 saturated heterocycles. The Kier molecular flexibility index (Phi) is 4.56. The minimum absolute atomic E-state index is 0.0120. The molecule has 0 aromatic heterocycles. The van der Waals surface area contributed by atoms with Gasteiger partial charge in [-0.05, 0) is 20.8 Å². The Labute approximate surface area is 83.4 Å². The number of carbonyl (C=O) groups is 2. The molecule has 0 rings (SSSR count). The highest BCUT2D eigenvalue weighted by Gasteiger charge is 2.24. The van der Waals surface area contributed by atoms with Crippen molar-refractivity contribution in [3.63, 3.8) is 0 Å². The van der Waals surface area contributed by atoms with Gasteiger partial charge in [0.15, 0.2) is 6.10 Å². The van der Waals surface area contributed by atoms with Crippen molar-refractivity contribution in [3.05, 3.63) is 0 Å². The Morgan fingerprint density at radius 3 is 2.21 bits per heavy atom. The first kappa shape index (κ1) is 12.9. The van der Waals surface area contributed by atoms with Gasteiger partial charge in [-0.25, -0.2) is 4.79 Å². The monoisotopic (exact) mass is 203 g/mol. The van der Waals surface area contributed by atoms with Gasteiger partial charge in [0.25, 0.3) is 0 Å². The fourth-order valence-electron chi connectivity index (χ4n) is 0.843. The number of ether oxygens (including phenoxy) is 1. The molecule has 82 valence electrons. The van der Waals surface area contributed by atoms with Crippen LogP contribution in [0.3, 0.4) is 0 Å². The minimum Gasteiger partial charge on any atom is -0.479 e. The Morgan fingerprint density at radius 2 is 1.93 bits per heavy atom. The molecule has 0 aliphatic rings. The van der Waals surface area contributed by atoms with Gasteiger partial charge in [0.2, 0.25) is 5.91 Å². The fraction of sp³-hybridized carbons (Fsp3) is 0.778. The van der Waals surface area contributed by atoms with Crippen LogP contribution >= 0.6 is 0 Å². The van der Waals surface area contributed by atoms with E-state index in [-0.39, 0.29) is 12.5 Å². The van der Waals surface area contributed by atoms with Crippen molar-refractivity contribution in [2.45, 2.75) is 39.4 Å². The normalized spacial score (nSPS) is 13.4. The standard InChI is InChI=1S/C9H17NO4/c1-6(11)10-5-7(8(12)13)14-9(2,3)4/h7H,5H2,1-4H3,(H,10,11)(H,12,13)/t7-/m1/s1. The number of carbonyl (C=O) groups excluding carboxylic acids is 1. The zero-order valence-corrected chi connectivity index (χ0v) is 8.96. The highest BCUT2D eigenvalue weighted by molar-refractivity contribution is 5.76. The van der Waals surface area contributed by atoms with E-state index in [1.165, 1.54) is 6.92 Å². The molecule has 0 aromatic carbocycles. The van der Waals surface area contributed by atoms with Gasteiger partial charge >= 0.3 is 5.97 Å². The first-order valence-corrected chi connectivity index (χ1v) is 4.37. The summed E-state index contributed by atoms with van der Waals surface area (Å²) in [7, 11) is 0. The lowest BCUT2D eigenvalue weighted by atomic mass is 10.2. The molecule has 1 atom stereocenters. The van der Waals surface area contributed by atoms with Crippen LogP contribution in [0.5, 0.6) is 0 Å². The zero-order chi connectivity index (χ0) is 11.4. The molecule has 0 heterocycles. The van der Waals surface area contributed by atoms with Gasteiger partial charge < -0.3 is 15.2 Å². The van der Waals surface area contributed by atoms with Gasteiger partial charge in [-0.1, -0.05) is 0 Å². The van der Waals surface area contributed by atoms with Crippen LogP contribution in [0.15, 0.2) is 0 Å². The molecule has 0 saturated carbocycles. The van der Waals surface area contributed by atoms with E-state index in [4.69, 9.17) is 9.84 Å². The maximum Gasteiger partial charge on any atom is 0.334 e. The summed E-state index contributed by atoms with van der Waals surface area (Å²) in [5.41, 5.74) is -0.540. The van der Waals surface area contributed by atoms with Crippen molar-refractivity contribution in [2.24, 2.45) is 0 Å². The van der Waals surface area contributed by atoms with Crippen molar-refractivity contribution >= 4 is 11.9 Å². The quantitative estimate of drug-likeness (QED) is 0.693. The molecule has 0 radical (unpaired) electrons. The molecule has 1 amide bonds. The molecule has 0 spiro atoms. The molecule has 14 heavy (non-hydrogen) atoms. The second-order valence-electron chi connectivity index (χ2n) is 3.99. The van der Waals surface area contributed by atoms with Crippen LogP contribution in [-0.4, -0.2) is 35.2 Å². The molecule has 5 nitrogen and oxygen atoms in total. The molecule has 0 aliphatic carbocycles. The first-order valence-electron chi connectivity index (χ1n) is 4.37. The van der Waals surface area contributed by atoms with Crippen LogP contribution in [0.1, 0.15) is 27.7 Å². The molecular weight excluding hydrogens is 186 g/mol. The van der Waals surface area contributed by atoms with Crippen LogP contribution in [0.4, 0.5) is 0 Å². The summed E-state index contributed by atoms with van der Waals surface area (Å²) in [4.78, 5) is 21.3. The summed E-state index contributed by atoms with van der Waals surface area (Å²) in [6.07, 6.45) is -1.00. The Bertz CT molecular complexity index is 219. The molecule has 2 N–H and O–H groups in total. The van der Waals surface area contributed by atoms with Crippen molar-refractivity contribution in [1.29, 1.82) is 0 Å². The van der Waals surface area contributed by atoms with Crippen molar-refractivity contribution < 1.29 is 19.4 Å². The molecule has 0 aromatic rings. The van der Waals surface area contributed by atoms with Gasteiger partial charge in [0, 0.05) is 6.92 Å². The largest absolute Gasteiger partial charge is 0.479 e. The maximum absolute atomic E-state index is 10.7. The highest BCUT2D eigenvalue weighted by Crippen LogP contribution is 2.10. The van der Waals surface area contributed by atoms with Crippen molar-refractivity contribution in [3.8, 4) is 0 Å². The predicted molar refractivity (Wildman–Crippen MR) is 50.9 cm³/mol. The average Bonchev–Trinajstić information content (AvgIpc) is 1.94. The van der Waals surface area contributed by atoms with Crippen molar-refractivity contribution in [1.82, 2.24) is 5.32 Å². The number of rotatable bonds is 4. The smallest absolute Gasteiger partial charge is 0.334 e. The van der Waals surface area contributed by atoms with E-state index in [0.717, 1.165) is 0 Å². The maximum atomic E-state index is 10.7. The summed E-state index contributed by atoms with van der Waals surface area (Å²) >= 11 is 0. The van der Waals surface area contributed by atoms with Gasteiger partial charge in [-0.3, -0.25) is 4.79 Å². The summed E-state index contributed by atoms with van der Waals surface area (Å²) in [6.45, 7) is 6.60. The lowest BCUT2D eigenvalue weighted by molar-refractivity contribution is -0.159. The third-order valence-electron chi connectivity index (χ3n) is 1.31. The van der Waals surface area contributed by atoms with Gasteiger partial charge in [-0.15, -0.1) is 0 Å². The third-order valence-corrected chi connectivity index (χ3v) is 1.31. The number of aliphatic carboxylic acids is 1. The molecular formula is C9H17NO4. The Balaban J connectivity index is 4.17. The summed E-state index contributed by atoms with van der Waals surface area (Å²) in [5, 5.41) is 11.2. The fourth-order valence-corrected chi connectivity index (χ4v) is 0.843. The highest BCUT2D eigenvalue weighted by atomic mass is 16.5. The van der Waals surface area contributed by atoms with Gasteiger partial charge in [0.05, 0.1) is 12.1 Å². The number of hydrogen-bond acceptors (Lipinski definition) is 3. The van der Waals surface area contributed by atoms with Crippen molar-refractivity contribution in [2.75, 3.05) is 6.54 Å². The van der Waals surface area contributed by atoms with E-state index in [1.807, 2.05) is 0 Å². The predicted octanol–water partition coefficient (Wildman–Crippen LogP) is 0.391. The number of carboxylic acid groups (broad SMARTS) is 1. The van der Waals surface area contributed by atoms with E-state index >= 15 is 0 Å². The second kappa shape index (κ2) is 4.95. The van der Waals surface area contributed by atoms with E-state index in [9.17, 15) is 9.59 Å². The number of amides is 1. The molecule has 5 heteroatoms. The third kappa shape index (κ3) is 6.42. The van der Waals surface area contributed by atoms with Crippen LogP contribution in [0.2, 0.25) is 0 Å². The summed E-state index contributed by atoms with van der Waals surface area (Å²) < 4.78 is 5.24. The van der Waals surface area contributed by atoms with E-state index in [0.29, 0.717) is 0 Å². The van der Waals surface area contributed by atoms with Crippen LogP contribution < -0.4 is 5.32 Å². The van der Waals surface area contributed by atoms with Gasteiger partial charge in [-0.2, -0.15) is 0 Å². The van der Waals surface area contributed by atoms with E-state index in [1.54, 1.807) is 20.8 Å². The van der Waals surface area contributed by atoms with E-state index < -0.39 is 17.7 Å². The molecule has 0 bridgehead atoms. The Hall–Kier alpha value is -1.10. The summed E-state index contributed by atoms with van der Waals surface area (Å²) in [6, 6.07) is 0. The van der Waals surface area contributed by atoms with E-state index in [2.05, 4.69) is 5.32 Å². The Morgan fingerprint density at radius 1 is 1.43 bits per heavy atom. The zero-order valence-electron chi connectivity index (χ0n) is 8.96. The molecule has 0 unspecified atom stereocenters. The SMILES string of the molecule is CC(=O)NC[C@@H](OC(C)(C)C)C(=O)O. The lowest BCUT2D eigenvalue weighted by Crippen LogP contribution is -2.41. The molecule has 0 fully saturated rings. The van der Waals surface area contributed by atoms with Gasteiger partial charge in [0.1, 0.15) is 0 Å². The van der Waals surface area contributed by atoms with Crippen LogP contribution in [-0.2, 0) is 14.3 Å². The average molecular weight is 203 g/mol. The number of carboxylic acids is 1. The second-order valence-corrected chi connectivity index (χ2v) is 3.99. The lowest BCUT2D eigenvalue weighted by Gasteiger charge is -2.24. The summed E-state index contributed by atoms with van der Waals surface area (Å²) in [5.74, 6) is -1.34. The molecule has 0 aliphatic heterocycles. The van der Waals surface area contributed by atoms with Crippen LogP contribution in [0.25, 0.3) is 0 Å². The number of nitrogens with one attached hydrogen (secondary N) is 1. The topological polar surface area (TPSA) is 75.6 Å². The van der Waals surface area contributed by atoms with Crippen LogP contribution in [0, 0.1) is 0 Å². The first-order chi connectivity index (χ1) is 6.22.